The molecule has 4 N–H and O–H groups in total. The van der Waals surface area contributed by atoms with E-state index in [4.69, 9.17) is 14.6 Å². The molecule has 4 rings (SSSR count). The van der Waals surface area contributed by atoms with Crippen molar-refractivity contribution in [3.05, 3.63) is 41.7 Å². The van der Waals surface area contributed by atoms with Crippen LogP contribution in [0, 0.1) is 11.6 Å². The lowest BCUT2D eigenvalue weighted by molar-refractivity contribution is 0.0683. The van der Waals surface area contributed by atoms with Crippen molar-refractivity contribution in [1.82, 2.24) is 15.3 Å². The first-order chi connectivity index (χ1) is 15.0. The minimum Gasteiger partial charge on any atom is -0.444 e. The van der Waals surface area contributed by atoms with Gasteiger partial charge in [0, 0.05) is 29.9 Å². The predicted molar refractivity (Wildman–Crippen MR) is 107 cm³/mol. The van der Waals surface area contributed by atoms with Crippen molar-refractivity contribution in [2.24, 2.45) is 5.14 Å². The summed E-state index contributed by atoms with van der Waals surface area (Å²) in [7, 11) is -4.26. The number of ether oxygens (including phenoxy) is 2. The number of carbonyl (C=O) groups is 1. The third kappa shape index (κ3) is 5.11. The Balaban J connectivity index is 1.37. The van der Waals surface area contributed by atoms with Gasteiger partial charge in [-0.1, -0.05) is 0 Å². The molecule has 13 heteroatoms. The Kier molecular flexibility index (Phi) is 5.73. The number of rotatable bonds is 6. The zero-order chi connectivity index (χ0) is 23.1. The number of hydrogen-bond acceptors (Lipinski definition) is 8. The molecule has 0 spiro atoms. The van der Waals surface area contributed by atoms with E-state index in [0.29, 0.717) is 24.1 Å². The first-order valence-corrected chi connectivity index (χ1v) is 11.3. The summed E-state index contributed by atoms with van der Waals surface area (Å²) in [5.74, 6) is -2.45. The zero-order valence-corrected chi connectivity index (χ0v) is 17.8. The summed E-state index contributed by atoms with van der Waals surface area (Å²) >= 11 is 0. The van der Waals surface area contributed by atoms with Crippen molar-refractivity contribution in [2.75, 3.05) is 11.9 Å². The number of carbonyl (C=O) groups excluding carboxylic acids is 1. The highest BCUT2D eigenvalue weighted by molar-refractivity contribution is 7.89. The number of benzene rings is 1. The van der Waals surface area contributed by atoms with Crippen LogP contribution in [0.25, 0.3) is 0 Å². The van der Waals surface area contributed by atoms with E-state index >= 15 is 0 Å². The second kappa shape index (κ2) is 8.22. The minimum absolute atomic E-state index is 0.113. The van der Waals surface area contributed by atoms with E-state index in [1.807, 2.05) is 6.92 Å². The number of alkyl carbamates (subject to hydrolysis) is 1. The van der Waals surface area contributed by atoms with Crippen molar-refractivity contribution in [3.63, 3.8) is 0 Å². The number of anilines is 2. The third-order valence-corrected chi connectivity index (χ3v) is 6.16. The van der Waals surface area contributed by atoms with Crippen molar-refractivity contribution in [2.45, 2.75) is 48.8 Å². The van der Waals surface area contributed by atoms with Gasteiger partial charge in [-0.2, -0.15) is 0 Å². The average molecular weight is 469 g/mol. The summed E-state index contributed by atoms with van der Waals surface area (Å²) < 4.78 is 61.9. The number of halogens is 2. The molecule has 1 aromatic heterocycles. The summed E-state index contributed by atoms with van der Waals surface area (Å²) in [5, 5.41) is 10.1. The van der Waals surface area contributed by atoms with Crippen LogP contribution in [-0.2, 0) is 19.5 Å². The van der Waals surface area contributed by atoms with E-state index in [1.54, 1.807) is 0 Å². The fourth-order valence-corrected chi connectivity index (χ4v) is 3.70. The molecule has 172 valence electrons. The quantitative estimate of drug-likeness (QED) is 0.584. The Bertz CT molecular complexity index is 1120. The van der Waals surface area contributed by atoms with Gasteiger partial charge in [-0.25, -0.2) is 37.1 Å². The van der Waals surface area contributed by atoms with E-state index in [-0.39, 0.29) is 18.1 Å². The summed E-state index contributed by atoms with van der Waals surface area (Å²) in [6.45, 7) is 2.17. The molecule has 2 unspecified atom stereocenters. The second-order valence-corrected chi connectivity index (χ2v) is 9.60. The summed E-state index contributed by atoms with van der Waals surface area (Å²) in [5.41, 5.74) is -0.197. The smallest absolute Gasteiger partial charge is 0.407 e. The number of nitrogens with one attached hydrogen (secondary N) is 2. The number of sulfonamides is 1. The van der Waals surface area contributed by atoms with Crippen LogP contribution in [0.5, 0.6) is 0 Å². The normalized spacial score (nSPS) is 21.8. The molecule has 2 fully saturated rings. The molecular formula is C19H21F2N5O5S. The number of nitrogens with two attached hydrogens (primary N) is 1. The Morgan fingerprint density at radius 2 is 1.88 bits per heavy atom. The van der Waals surface area contributed by atoms with Gasteiger partial charge in [-0.15, -0.1) is 0 Å². The first-order valence-electron chi connectivity index (χ1n) is 9.74. The molecule has 1 amide bonds. The van der Waals surface area contributed by atoms with Gasteiger partial charge in [0.25, 0.3) is 0 Å². The molecule has 1 aliphatic heterocycles. The molecule has 2 heterocycles. The lowest BCUT2D eigenvalue weighted by atomic mass is 10.1. The molecule has 2 aromatic rings. The van der Waals surface area contributed by atoms with E-state index in [1.165, 1.54) is 12.4 Å². The molecular weight excluding hydrogens is 448 g/mol. The fourth-order valence-electron chi connectivity index (χ4n) is 3.17. The van der Waals surface area contributed by atoms with Crippen LogP contribution in [0.4, 0.5) is 25.2 Å². The number of primary sulfonamides is 1. The zero-order valence-electron chi connectivity index (χ0n) is 17.0. The van der Waals surface area contributed by atoms with Crippen LogP contribution in [0.1, 0.15) is 37.9 Å². The SMILES string of the molecule is CC1(NC(=O)OC2COC(c3cnc(Nc4c(F)cc(S(N)(=O)=O)cc4F)nc3)C2)CC1. The second-order valence-electron chi connectivity index (χ2n) is 8.04. The maximum Gasteiger partial charge on any atom is 0.407 e. The monoisotopic (exact) mass is 469 g/mol. The summed E-state index contributed by atoms with van der Waals surface area (Å²) in [6, 6.07) is 1.20. The van der Waals surface area contributed by atoms with E-state index in [2.05, 4.69) is 20.6 Å². The molecule has 10 nitrogen and oxygen atoms in total. The molecule has 2 aliphatic rings. The van der Waals surface area contributed by atoms with Gasteiger partial charge in [0.1, 0.15) is 11.8 Å². The molecule has 0 radical (unpaired) electrons. The van der Waals surface area contributed by atoms with Gasteiger partial charge in [-0.3, -0.25) is 0 Å². The maximum atomic E-state index is 14.2. The standard InChI is InChI=1S/C19H21F2N5O5S/c1-19(2-3-19)26-18(27)31-11-4-15(30-9-11)10-7-23-17(24-8-10)25-16-13(20)5-12(6-14(16)21)32(22,28)29/h5-8,11,15H,2-4,9H2,1H3,(H,26,27)(H2,22,28,29)(H,23,24,25). The van der Waals surface area contributed by atoms with Crippen LogP contribution in [0.15, 0.2) is 29.4 Å². The fraction of sp³-hybridized carbons (Fsp3) is 0.421. The van der Waals surface area contributed by atoms with Crippen LogP contribution >= 0.6 is 0 Å². The van der Waals surface area contributed by atoms with Crippen LogP contribution in [0.2, 0.25) is 0 Å². The Morgan fingerprint density at radius 3 is 2.44 bits per heavy atom. The van der Waals surface area contributed by atoms with Gasteiger partial charge in [-0.05, 0) is 31.9 Å². The minimum atomic E-state index is -4.26. The van der Waals surface area contributed by atoms with Crippen LogP contribution in [-0.4, -0.2) is 42.7 Å². The number of hydrogen-bond donors (Lipinski definition) is 3. The first kappa shape index (κ1) is 22.3. The predicted octanol–water partition coefficient (Wildman–Crippen LogP) is 2.25. The van der Waals surface area contributed by atoms with Crippen LogP contribution in [0.3, 0.4) is 0 Å². The largest absolute Gasteiger partial charge is 0.444 e. The third-order valence-electron chi connectivity index (χ3n) is 5.26. The molecule has 1 aromatic carbocycles. The van der Waals surface area contributed by atoms with E-state index in [0.717, 1.165) is 12.8 Å². The lowest BCUT2D eigenvalue weighted by Crippen LogP contribution is -2.37. The Morgan fingerprint density at radius 1 is 1.25 bits per heavy atom. The highest BCUT2D eigenvalue weighted by Crippen LogP contribution is 2.35. The average Bonchev–Trinajstić information content (AvgIpc) is 3.24. The molecule has 1 saturated heterocycles. The molecule has 0 bridgehead atoms. The van der Waals surface area contributed by atoms with Crippen molar-refractivity contribution >= 4 is 27.8 Å². The Labute approximate surface area is 182 Å². The Hall–Kier alpha value is -2.90. The summed E-state index contributed by atoms with van der Waals surface area (Å²) in [4.78, 5) is 19.3. The van der Waals surface area contributed by atoms with Crippen molar-refractivity contribution in [1.29, 1.82) is 0 Å². The number of nitrogens with zero attached hydrogens (tertiary/aromatic N) is 2. The number of aromatic nitrogens is 2. The maximum absolute atomic E-state index is 14.2. The van der Waals surface area contributed by atoms with Gasteiger partial charge >= 0.3 is 6.09 Å². The van der Waals surface area contributed by atoms with Crippen molar-refractivity contribution in [3.8, 4) is 0 Å². The van der Waals surface area contributed by atoms with E-state index in [9.17, 15) is 22.0 Å². The summed E-state index contributed by atoms with van der Waals surface area (Å²) in [6.07, 6.45) is 3.80. The van der Waals surface area contributed by atoms with Crippen molar-refractivity contribution < 1.29 is 31.5 Å². The molecule has 1 aliphatic carbocycles. The van der Waals surface area contributed by atoms with Gasteiger partial charge < -0.3 is 20.1 Å². The molecule has 32 heavy (non-hydrogen) atoms. The highest BCUT2D eigenvalue weighted by Gasteiger charge is 2.40. The van der Waals surface area contributed by atoms with Crippen LogP contribution < -0.4 is 15.8 Å². The highest BCUT2D eigenvalue weighted by atomic mass is 32.2. The topological polar surface area (TPSA) is 146 Å². The molecule has 1 saturated carbocycles. The van der Waals surface area contributed by atoms with E-state index < -0.39 is 50.5 Å². The van der Waals surface area contributed by atoms with Gasteiger partial charge in [0.05, 0.1) is 17.6 Å². The number of amides is 1. The lowest BCUT2D eigenvalue weighted by Gasteiger charge is -2.15. The van der Waals surface area contributed by atoms with Gasteiger partial charge in [0.2, 0.25) is 16.0 Å². The molecule has 2 atom stereocenters. The van der Waals surface area contributed by atoms with Gasteiger partial charge in [0.15, 0.2) is 11.6 Å².